The zero-order chi connectivity index (χ0) is 12.7. The van der Waals surface area contributed by atoms with Crippen LogP contribution in [0, 0.1) is 11.8 Å². The third-order valence-electron chi connectivity index (χ3n) is 4.29. The summed E-state index contributed by atoms with van der Waals surface area (Å²) >= 11 is 0. The van der Waals surface area contributed by atoms with E-state index in [9.17, 15) is 4.79 Å². The summed E-state index contributed by atoms with van der Waals surface area (Å²) in [6.45, 7) is 0.252. The van der Waals surface area contributed by atoms with E-state index in [1.54, 1.807) is 11.8 Å². The molecule has 2 aliphatic carbocycles. The number of methoxy groups -OCH3 is 1. The van der Waals surface area contributed by atoms with Crippen LogP contribution in [0.15, 0.2) is 0 Å². The lowest BCUT2D eigenvalue weighted by Gasteiger charge is -2.23. The van der Waals surface area contributed by atoms with Crippen molar-refractivity contribution in [2.24, 2.45) is 11.8 Å². The Morgan fingerprint density at radius 2 is 2.33 bits per heavy atom. The number of aromatic nitrogens is 3. The van der Waals surface area contributed by atoms with Gasteiger partial charge in [-0.2, -0.15) is 0 Å². The number of hydrogen-bond donors (Lipinski definition) is 1. The van der Waals surface area contributed by atoms with E-state index >= 15 is 0 Å². The highest BCUT2D eigenvalue weighted by molar-refractivity contribution is 5.86. The predicted octanol–water partition coefficient (Wildman–Crippen LogP) is 1.48. The number of carboxylic acids is 1. The maximum absolute atomic E-state index is 11.1. The van der Waals surface area contributed by atoms with E-state index in [1.807, 2.05) is 0 Å². The third-order valence-corrected chi connectivity index (χ3v) is 4.29. The van der Waals surface area contributed by atoms with Gasteiger partial charge in [0.25, 0.3) is 0 Å². The zero-order valence-electron chi connectivity index (χ0n) is 10.4. The minimum atomic E-state index is -1.03. The van der Waals surface area contributed by atoms with Gasteiger partial charge in [-0.15, -0.1) is 5.10 Å². The molecule has 0 aliphatic heterocycles. The fourth-order valence-electron chi connectivity index (χ4n) is 3.53. The Kier molecular flexibility index (Phi) is 2.81. The molecule has 3 unspecified atom stereocenters. The van der Waals surface area contributed by atoms with E-state index < -0.39 is 5.97 Å². The molecular weight excluding hydrogens is 234 g/mol. The van der Waals surface area contributed by atoms with Gasteiger partial charge in [0.15, 0.2) is 5.69 Å². The second-order valence-electron chi connectivity index (χ2n) is 5.31. The van der Waals surface area contributed by atoms with Gasteiger partial charge in [0.2, 0.25) is 0 Å². The Morgan fingerprint density at radius 3 is 2.89 bits per heavy atom. The third kappa shape index (κ3) is 1.71. The molecule has 3 rings (SSSR count). The first-order valence-corrected chi connectivity index (χ1v) is 6.37. The summed E-state index contributed by atoms with van der Waals surface area (Å²) in [6, 6.07) is 0.314. The highest BCUT2D eigenvalue weighted by Crippen LogP contribution is 2.50. The molecular formula is C12H17N3O3. The number of carbonyl (C=O) groups is 1. The summed E-state index contributed by atoms with van der Waals surface area (Å²) in [5.74, 6) is 0.387. The van der Waals surface area contributed by atoms with Crippen LogP contribution in [0.25, 0.3) is 0 Å². The fraction of sp³-hybridized carbons (Fsp3) is 0.750. The van der Waals surface area contributed by atoms with Crippen LogP contribution in [0.5, 0.6) is 0 Å². The van der Waals surface area contributed by atoms with Crippen molar-refractivity contribution in [3.8, 4) is 0 Å². The molecule has 0 aromatic carbocycles. The number of nitrogens with zero attached hydrogens (tertiary/aromatic N) is 3. The van der Waals surface area contributed by atoms with Crippen molar-refractivity contribution in [3.05, 3.63) is 11.4 Å². The van der Waals surface area contributed by atoms with Crippen LogP contribution in [0.4, 0.5) is 0 Å². The van der Waals surface area contributed by atoms with Crippen molar-refractivity contribution >= 4 is 5.97 Å². The van der Waals surface area contributed by atoms with E-state index in [1.165, 1.54) is 19.3 Å². The molecule has 6 nitrogen and oxygen atoms in total. The fourth-order valence-corrected chi connectivity index (χ4v) is 3.53. The Balaban J connectivity index is 1.94. The SMILES string of the molecule is COCc1c(C(=O)O)nnn1C1CC2CCC1C2. The van der Waals surface area contributed by atoms with Crippen LogP contribution in [0.1, 0.15) is 47.9 Å². The molecule has 2 aliphatic rings. The minimum Gasteiger partial charge on any atom is -0.476 e. The molecule has 98 valence electrons. The normalized spacial score (nSPS) is 29.9. The van der Waals surface area contributed by atoms with Crippen molar-refractivity contribution in [2.75, 3.05) is 7.11 Å². The summed E-state index contributed by atoms with van der Waals surface area (Å²) in [4.78, 5) is 11.1. The predicted molar refractivity (Wildman–Crippen MR) is 62.2 cm³/mol. The highest BCUT2D eigenvalue weighted by Gasteiger charge is 2.42. The van der Waals surface area contributed by atoms with Gasteiger partial charge < -0.3 is 9.84 Å². The van der Waals surface area contributed by atoms with Crippen molar-refractivity contribution in [1.29, 1.82) is 0 Å². The number of carboxylic acid groups (broad SMARTS) is 1. The Hall–Kier alpha value is -1.43. The lowest BCUT2D eigenvalue weighted by molar-refractivity contribution is 0.0684. The molecule has 1 aromatic rings. The molecule has 1 aromatic heterocycles. The van der Waals surface area contributed by atoms with E-state index in [2.05, 4.69) is 10.3 Å². The first kappa shape index (κ1) is 11.6. The van der Waals surface area contributed by atoms with Gasteiger partial charge in [0, 0.05) is 7.11 Å². The summed E-state index contributed by atoms with van der Waals surface area (Å²) < 4.78 is 6.90. The second-order valence-corrected chi connectivity index (χ2v) is 5.31. The summed E-state index contributed by atoms with van der Waals surface area (Å²) in [5.41, 5.74) is 0.627. The molecule has 18 heavy (non-hydrogen) atoms. The Labute approximate surface area is 105 Å². The molecule has 2 fully saturated rings. The van der Waals surface area contributed by atoms with Crippen molar-refractivity contribution in [2.45, 2.75) is 38.3 Å². The van der Waals surface area contributed by atoms with Crippen LogP contribution in [0.3, 0.4) is 0 Å². The van der Waals surface area contributed by atoms with Crippen LogP contribution in [0.2, 0.25) is 0 Å². The Bertz CT molecular complexity index is 471. The largest absolute Gasteiger partial charge is 0.476 e. The summed E-state index contributed by atoms with van der Waals surface area (Å²) in [5, 5.41) is 17.0. The first-order chi connectivity index (χ1) is 8.70. The van der Waals surface area contributed by atoms with Crippen LogP contribution in [-0.4, -0.2) is 33.2 Å². The van der Waals surface area contributed by atoms with E-state index in [0.717, 1.165) is 12.3 Å². The van der Waals surface area contributed by atoms with Gasteiger partial charge in [0.1, 0.15) is 0 Å². The second kappa shape index (κ2) is 4.35. The molecule has 1 heterocycles. The maximum Gasteiger partial charge on any atom is 0.358 e. The van der Waals surface area contributed by atoms with Crippen molar-refractivity contribution in [3.63, 3.8) is 0 Å². The quantitative estimate of drug-likeness (QED) is 0.877. The molecule has 1 N–H and O–H groups in total. The summed E-state index contributed by atoms with van der Waals surface area (Å²) in [7, 11) is 1.56. The molecule has 0 radical (unpaired) electrons. The molecule has 0 spiro atoms. The lowest BCUT2D eigenvalue weighted by atomic mass is 9.95. The molecule has 0 amide bonds. The maximum atomic E-state index is 11.1. The topological polar surface area (TPSA) is 77.2 Å². The van der Waals surface area contributed by atoms with E-state index in [-0.39, 0.29) is 12.3 Å². The standard InChI is InChI=1S/C12H17N3O3/c1-18-6-10-11(12(16)17)13-14-15(10)9-5-7-2-3-8(9)4-7/h7-9H,2-6H2,1H3,(H,16,17). The average molecular weight is 251 g/mol. The highest BCUT2D eigenvalue weighted by atomic mass is 16.5. The first-order valence-electron chi connectivity index (χ1n) is 6.37. The number of rotatable bonds is 4. The van der Waals surface area contributed by atoms with Crippen LogP contribution < -0.4 is 0 Å². The minimum absolute atomic E-state index is 0.0274. The number of fused-ring (bicyclic) bond motifs is 2. The van der Waals surface area contributed by atoms with E-state index in [4.69, 9.17) is 9.84 Å². The van der Waals surface area contributed by atoms with E-state index in [0.29, 0.717) is 17.7 Å². The monoisotopic (exact) mass is 251 g/mol. The van der Waals surface area contributed by atoms with Crippen LogP contribution in [-0.2, 0) is 11.3 Å². The van der Waals surface area contributed by atoms with Gasteiger partial charge in [-0.25, -0.2) is 9.48 Å². The summed E-state index contributed by atoms with van der Waals surface area (Å²) in [6.07, 6.45) is 4.88. The van der Waals surface area contributed by atoms with Gasteiger partial charge in [-0.1, -0.05) is 11.6 Å². The zero-order valence-corrected chi connectivity index (χ0v) is 10.4. The number of aromatic carboxylic acids is 1. The van der Waals surface area contributed by atoms with Crippen LogP contribution >= 0.6 is 0 Å². The van der Waals surface area contributed by atoms with Crippen molar-refractivity contribution in [1.82, 2.24) is 15.0 Å². The molecule has 6 heteroatoms. The number of hydrogen-bond acceptors (Lipinski definition) is 4. The van der Waals surface area contributed by atoms with Crippen molar-refractivity contribution < 1.29 is 14.6 Å². The van der Waals surface area contributed by atoms with Gasteiger partial charge in [-0.3, -0.25) is 0 Å². The smallest absolute Gasteiger partial charge is 0.358 e. The molecule has 3 atom stereocenters. The van der Waals surface area contributed by atoms with Gasteiger partial charge in [-0.05, 0) is 31.1 Å². The molecule has 2 saturated carbocycles. The van der Waals surface area contributed by atoms with Gasteiger partial charge >= 0.3 is 5.97 Å². The lowest BCUT2D eigenvalue weighted by Crippen LogP contribution is -2.20. The molecule has 2 bridgehead atoms. The van der Waals surface area contributed by atoms with Gasteiger partial charge in [0.05, 0.1) is 18.3 Å². The Morgan fingerprint density at radius 1 is 1.50 bits per heavy atom. The number of ether oxygens (including phenoxy) is 1. The molecule has 0 saturated heterocycles. The average Bonchev–Trinajstić information content (AvgIpc) is 3.02.